The normalized spacial score (nSPS) is 15.9. The minimum atomic E-state index is 0.128. The molecule has 1 N–H and O–H groups in total. The van der Waals surface area contributed by atoms with Crippen molar-refractivity contribution in [2.24, 2.45) is 13.0 Å². The highest BCUT2D eigenvalue weighted by atomic mass is 16.1. The highest BCUT2D eigenvalue weighted by Gasteiger charge is 2.21. The van der Waals surface area contributed by atoms with E-state index < -0.39 is 0 Å². The third kappa shape index (κ3) is 3.09. The predicted octanol–water partition coefficient (Wildman–Crippen LogP) is 2.40. The maximum atomic E-state index is 12.3. The van der Waals surface area contributed by atoms with Crippen LogP contribution >= 0.6 is 0 Å². The van der Waals surface area contributed by atoms with Crippen LogP contribution in [-0.2, 0) is 11.8 Å². The van der Waals surface area contributed by atoms with E-state index in [0.717, 1.165) is 36.9 Å². The number of carbonyl (C=O) groups is 1. The summed E-state index contributed by atoms with van der Waals surface area (Å²) in [6, 6.07) is 7.64. The van der Waals surface area contributed by atoms with Gasteiger partial charge in [0.1, 0.15) is 0 Å². The molecule has 0 spiro atoms. The van der Waals surface area contributed by atoms with Gasteiger partial charge in [0.25, 0.3) is 0 Å². The van der Waals surface area contributed by atoms with Gasteiger partial charge in [0.15, 0.2) is 5.82 Å². The van der Waals surface area contributed by atoms with E-state index in [1.807, 2.05) is 24.3 Å². The van der Waals surface area contributed by atoms with Crippen molar-refractivity contribution in [1.82, 2.24) is 20.2 Å². The Bertz CT molecular complexity index is 630. The molecule has 1 aliphatic carbocycles. The van der Waals surface area contributed by atoms with Gasteiger partial charge < -0.3 is 5.32 Å². The number of tetrazole rings is 1. The first-order valence-corrected chi connectivity index (χ1v) is 7.38. The number of carbonyl (C=O) groups excluding carboxylic acids is 1. The van der Waals surface area contributed by atoms with Crippen molar-refractivity contribution in [1.29, 1.82) is 0 Å². The maximum absolute atomic E-state index is 12.3. The molecule has 0 unspecified atom stereocenters. The van der Waals surface area contributed by atoms with Crippen LogP contribution in [0, 0.1) is 5.92 Å². The summed E-state index contributed by atoms with van der Waals surface area (Å²) in [5.41, 5.74) is 1.69. The van der Waals surface area contributed by atoms with Crippen LogP contribution < -0.4 is 5.32 Å². The molecule has 1 aromatic heterocycles. The zero-order valence-corrected chi connectivity index (χ0v) is 12.1. The molecule has 6 heteroatoms. The number of nitrogens with zero attached hydrogens (tertiary/aromatic N) is 4. The number of rotatable bonds is 3. The number of nitrogens with one attached hydrogen (secondary N) is 1. The van der Waals surface area contributed by atoms with Crippen LogP contribution in [0.15, 0.2) is 24.3 Å². The Balaban J connectivity index is 1.74. The van der Waals surface area contributed by atoms with Crippen LogP contribution in [0.4, 0.5) is 5.69 Å². The Morgan fingerprint density at radius 1 is 1.29 bits per heavy atom. The van der Waals surface area contributed by atoms with Gasteiger partial charge in [-0.1, -0.05) is 31.4 Å². The van der Waals surface area contributed by atoms with Gasteiger partial charge in [-0.3, -0.25) is 4.79 Å². The van der Waals surface area contributed by atoms with Crippen LogP contribution in [-0.4, -0.2) is 26.1 Å². The maximum Gasteiger partial charge on any atom is 0.227 e. The van der Waals surface area contributed by atoms with E-state index in [9.17, 15) is 4.79 Å². The first kappa shape index (κ1) is 13.7. The minimum Gasteiger partial charge on any atom is -0.326 e. The first-order chi connectivity index (χ1) is 10.2. The Hall–Kier alpha value is -2.24. The quantitative estimate of drug-likeness (QED) is 0.939. The minimum absolute atomic E-state index is 0.128. The number of aromatic nitrogens is 4. The fourth-order valence-electron chi connectivity index (χ4n) is 2.82. The highest BCUT2D eigenvalue weighted by Crippen LogP contribution is 2.26. The summed E-state index contributed by atoms with van der Waals surface area (Å²) in [7, 11) is 1.79. The van der Waals surface area contributed by atoms with Crippen molar-refractivity contribution in [2.45, 2.75) is 32.1 Å². The Kier molecular flexibility index (Phi) is 3.94. The van der Waals surface area contributed by atoms with Gasteiger partial charge in [-0.05, 0) is 35.4 Å². The zero-order valence-electron chi connectivity index (χ0n) is 12.1. The molecule has 1 heterocycles. The van der Waals surface area contributed by atoms with Gasteiger partial charge in [0, 0.05) is 24.2 Å². The van der Waals surface area contributed by atoms with E-state index in [4.69, 9.17) is 0 Å². The topological polar surface area (TPSA) is 72.7 Å². The van der Waals surface area contributed by atoms with Gasteiger partial charge in [0.05, 0.1) is 0 Å². The summed E-state index contributed by atoms with van der Waals surface area (Å²) in [5.74, 6) is 0.964. The molecule has 1 amide bonds. The van der Waals surface area contributed by atoms with Gasteiger partial charge in [-0.2, -0.15) is 0 Å². The monoisotopic (exact) mass is 285 g/mol. The molecule has 0 saturated heterocycles. The third-order valence-corrected chi connectivity index (χ3v) is 3.98. The Morgan fingerprint density at radius 3 is 2.81 bits per heavy atom. The number of amides is 1. The second-order valence-electron chi connectivity index (χ2n) is 5.53. The molecule has 0 bridgehead atoms. The molecule has 0 aliphatic heterocycles. The van der Waals surface area contributed by atoms with Crippen molar-refractivity contribution in [3.8, 4) is 11.4 Å². The SMILES string of the molecule is Cn1nnnc1-c1cccc(NC(=O)C2CCCCC2)c1. The summed E-state index contributed by atoms with van der Waals surface area (Å²) in [6.07, 6.45) is 5.56. The summed E-state index contributed by atoms with van der Waals surface area (Å²) in [5, 5.41) is 14.5. The van der Waals surface area contributed by atoms with E-state index in [0.29, 0.717) is 5.82 Å². The molecule has 0 atom stereocenters. The lowest BCUT2D eigenvalue weighted by Crippen LogP contribution is -2.24. The molecule has 1 aromatic carbocycles. The van der Waals surface area contributed by atoms with E-state index in [2.05, 4.69) is 20.8 Å². The van der Waals surface area contributed by atoms with Crippen LogP contribution in [0.5, 0.6) is 0 Å². The average molecular weight is 285 g/mol. The molecule has 21 heavy (non-hydrogen) atoms. The van der Waals surface area contributed by atoms with Crippen LogP contribution in [0.2, 0.25) is 0 Å². The molecule has 1 aliphatic rings. The summed E-state index contributed by atoms with van der Waals surface area (Å²) in [6.45, 7) is 0. The van der Waals surface area contributed by atoms with E-state index in [1.54, 1.807) is 11.7 Å². The van der Waals surface area contributed by atoms with Crippen molar-refractivity contribution < 1.29 is 4.79 Å². The number of anilines is 1. The van der Waals surface area contributed by atoms with Crippen molar-refractivity contribution in [3.05, 3.63) is 24.3 Å². The molecule has 1 fully saturated rings. The van der Waals surface area contributed by atoms with Crippen molar-refractivity contribution in [2.75, 3.05) is 5.32 Å². The van der Waals surface area contributed by atoms with Crippen molar-refractivity contribution >= 4 is 11.6 Å². The van der Waals surface area contributed by atoms with E-state index in [1.165, 1.54) is 6.42 Å². The second-order valence-corrected chi connectivity index (χ2v) is 5.53. The van der Waals surface area contributed by atoms with E-state index >= 15 is 0 Å². The lowest BCUT2D eigenvalue weighted by Gasteiger charge is -2.20. The standard InChI is InChI=1S/C15H19N5O/c1-20-14(17-18-19-20)12-8-5-9-13(10-12)16-15(21)11-6-3-2-4-7-11/h5,8-11H,2-4,6-7H2,1H3,(H,16,21). The summed E-state index contributed by atoms with van der Waals surface area (Å²) < 4.78 is 1.61. The lowest BCUT2D eigenvalue weighted by molar-refractivity contribution is -0.120. The smallest absolute Gasteiger partial charge is 0.227 e. The number of aryl methyl sites for hydroxylation is 1. The summed E-state index contributed by atoms with van der Waals surface area (Å²) >= 11 is 0. The van der Waals surface area contributed by atoms with Gasteiger partial charge in [-0.25, -0.2) is 4.68 Å². The Morgan fingerprint density at radius 2 is 2.10 bits per heavy atom. The molecule has 110 valence electrons. The molecular formula is C15H19N5O. The second kappa shape index (κ2) is 6.03. The first-order valence-electron chi connectivity index (χ1n) is 7.38. The molecule has 2 aromatic rings. The fourth-order valence-corrected chi connectivity index (χ4v) is 2.82. The number of benzene rings is 1. The van der Waals surface area contributed by atoms with Crippen LogP contribution in [0.25, 0.3) is 11.4 Å². The van der Waals surface area contributed by atoms with Crippen molar-refractivity contribution in [3.63, 3.8) is 0 Å². The largest absolute Gasteiger partial charge is 0.326 e. The zero-order chi connectivity index (χ0) is 14.7. The van der Waals surface area contributed by atoms with Crippen LogP contribution in [0.3, 0.4) is 0 Å². The lowest BCUT2D eigenvalue weighted by atomic mass is 9.88. The molecule has 6 nitrogen and oxygen atoms in total. The number of hydrogen-bond acceptors (Lipinski definition) is 4. The van der Waals surface area contributed by atoms with Crippen LogP contribution in [0.1, 0.15) is 32.1 Å². The third-order valence-electron chi connectivity index (χ3n) is 3.98. The Labute approximate surface area is 123 Å². The molecule has 3 rings (SSSR count). The average Bonchev–Trinajstić information content (AvgIpc) is 2.94. The predicted molar refractivity (Wildman–Crippen MR) is 79.4 cm³/mol. The van der Waals surface area contributed by atoms with Gasteiger partial charge in [0.2, 0.25) is 5.91 Å². The summed E-state index contributed by atoms with van der Waals surface area (Å²) in [4.78, 5) is 12.3. The van der Waals surface area contributed by atoms with Gasteiger partial charge in [-0.15, -0.1) is 5.10 Å². The van der Waals surface area contributed by atoms with E-state index in [-0.39, 0.29) is 11.8 Å². The molecule has 1 saturated carbocycles. The van der Waals surface area contributed by atoms with Gasteiger partial charge >= 0.3 is 0 Å². The highest BCUT2D eigenvalue weighted by molar-refractivity contribution is 5.93. The fraction of sp³-hybridized carbons (Fsp3) is 0.467. The number of hydrogen-bond donors (Lipinski definition) is 1. The molecular weight excluding hydrogens is 266 g/mol. The molecule has 0 radical (unpaired) electrons.